The number of hydrogen-bond donors (Lipinski definition) is 4. The van der Waals surface area contributed by atoms with Gasteiger partial charge in [0.05, 0.1) is 5.56 Å². The van der Waals surface area contributed by atoms with Gasteiger partial charge in [0, 0.05) is 23.9 Å². The number of hydrogen-bond acceptors (Lipinski definition) is 4. The molecule has 136 valence electrons. The van der Waals surface area contributed by atoms with Gasteiger partial charge in [-0.1, -0.05) is 36.4 Å². The molecule has 4 N–H and O–H groups in total. The first-order valence-electron chi connectivity index (χ1n) is 8.28. The van der Waals surface area contributed by atoms with E-state index in [0.29, 0.717) is 17.8 Å². The van der Waals surface area contributed by atoms with Crippen LogP contribution in [0.2, 0.25) is 0 Å². The van der Waals surface area contributed by atoms with Crippen LogP contribution in [0.4, 0.5) is 5.69 Å². The average molecular weight is 362 g/mol. The molecular weight excluding hydrogens is 344 g/mol. The molecule has 0 saturated heterocycles. The Hall–Kier alpha value is -3.80. The van der Waals surface area contributed by atoms with Gasteiger partial charge in [0.1, 0.15) is 11.5 Å². The predicted molar refractivity (Wildman–Crippen MR) is 102 cm³/mol. The number of anilines is 1. The van der Waals surface area contributed by atoms with Crippen molar-refractivity contribution in [2.45, 2.75) is 6.54 Å². The zero-order chi connectivity index (χ0) is 19.2. The summed E-state index contributed by atoms with van der Waals surface area (Å²) in [5, 5.41) is 24.5. The molecule has 3 rings (SSSR count). The van der Waals surface area contributed by atoms with Crippen LogP contribution in [0, 0.1) is 0 Å². The number of amides is 2. The Kier molecular flexibility index (Phi) is 5.37. The lowest BCUT2D eigenvalue weighted by Crippen LogP contribution is -2.23. The van der Waals surface area contributed by atoms with E-state index in [-0.39, 0.29) is 23.0 Å². The highest BCUT2D eigenvalue weighted by Crippen LogP contribution is 2.23. The molecule has 6 heteroatoms. The van der Waals surface area contributed by atoms with Gasteiger partial charge >= 0.3 is 0 Å². The van der Waals surface area contributed by atoms with Crippen molar-refractivity contribution in [2.24, 2.45) is 0 Å². The minimum atomic E-state index is -0.547. The highest BCUT2D eigenvalue weighted by molar-refractivity contribution is 6.06. The molecule has 0 aliphatic heterocycles. The number of benzene rings is 3. The van der Waals surface area contributed by atoms with Gasteiger partial charge in [-0.3, -0.25) is 9.59 Å². The van der Waals surface area contributed by atoms with Crippen molar-refractivity contribution in [3.63, 3.8) is 0 Å². The molecule has 0 aliphatic carbocycles. The van der Waals surface area contributed by atoms with E-state index in [0.717, 1.165) is 11.6 Å². The topological polar surface area (TPSA) is 98.7 Å². The SMILES string of the molecule is O=C(NCc1ccccc1)c1cccc(NC(=O)c2ccc(O)cc2O)c1. The van der Waals surface area contributed by atoms with Crippen molar-refractivity contribution in [3.8, 4) is 11.5 Å². The van der Waals surface area contributed by atoms with Crippen molar-refractivity contribution < 1.29 is 19.8 Å². The monoisotopic (exact) mass is 362 g/mol. The molecule has 6 nitrogen and oxygen atoms in total. The van der Waals surface area contributed by atoms with E-state index in [1.807, 2.05) is 30.3 Å². The molecule has 0 fully saturated rings. The van der Waals surface area contributed by atoms with Crippen LogP contribution in [-0.4, -0.2) is 22.0 Å². The molecule has 0 radical (unpaired) electrons. The first-order valence-corrected chi connectivity index (χ1v) is 8.28. The van der Waals surface area contributed by atoms with E-state index >= 15 is 0 Å². The second-order valence-corrected chi connectivity index (χ2v) is 5.90. The van der Waals surface area contributed by atoms with Gasteiger partial charge in [0.15, 0.2) is 0 Å². The Morgan fingerprint density at radius 3 is 2.33 bits per heavy atom. The summed E-state index contributed by atoms with van der Waals surface area (Å²) >= 11 is 0. The number of carbonyl (C=O) groups excluding carboxylic acids is 2. The van der Waals surface area contributed by atoms with Gasteiger partial charge in [0.2, 0.25) is 0 Å². The normalized spacial score (nSPS) is 10.2. The molecule has 0 atom stereocenters. The third-order valence-electron chi connectivity index (χ3n) is 3.90. The van der Waals surface area contributed by atoms with E-state index in [4.69, 9.17) is 0 Å². The minimum Gasteiger partial charge on any atom is -0.508 e. The lowest BCUT2D eigenvalue weighted by atomic mass is 10.1. The van der Waals surface area contributed by atoms with Gasteiger partial charge in [-0.05, 0) is 35.9 Å². The number of phenolic OH excluding ortho intramolecular Hbond substituents is 2. The van der Waals surface area contributed by atoms with Crippen LogP contribution in [-0.2, 0) is 6.54 Å². The Morgan fingerprint density at radius 2 is 1.59 bits per heavy atom. The van der Waals surface area contributed by atoms with Crippen molar-refractivity contribution in [2.75, 3.05) is 5.32 Å². The van der Waals surface area contributed by atoms with E-state index in [2.05, 4.69) is 10.6 Å². The predicted octanol–water partition coefficient (Wildman–Crippen LogP) is 3.28. The maximum absolute atomic E-state index is 12.3. The summed E-state index contributed by atoms with van der Waals surface area (Å²) in [5.41, 5.74) is 1.82. The Balaban J connectivity index is 1.67. The third-order valence-corrected chi connectivity index (χ3v) is 3.90. The zero-order valence-corrected chi connectivity index (χ0v) is 14.3. The lowest BCUT2D eigenvalue weighted by molar-refractivity contribution is 0.0949. The number of phenols is 2. The molecule has 3 aromatic rings. The Bertz CT molecular complexity index is 971. The summed E-state index contributed by atoms with van der Waals surface area (Å²) in [7, 11) is 0. The van der Waals surface area contributed by atoms with E-state index in [1.54, 1.807) is 24.3 Å². The molecule has 0 bridgehead atoms. The van der Waals surface area contributed by atoms with Crippen LogP contribution in [0.25, 0.3) is 0 Å². The van der Waals surface area contributed by atoms with Gasteiger partial charge < -0.3 is 20.8 Å². The second kappa shape index (κ2) is 8.05. The molecule has 0 saturated carbocycles. The van der Waals surface area contributed by atoms with Crippen molar-refractivity contribution in [3.05, 3.63) is 89.5 Å². The van der Waals surface area contributed by atoms with Crippen LogP contribution in [0.3, 0.4) is 0 Å². The van der Waals surface area contributed by atoms with Crippen LogP contribution in [0.1, 0.15) is 26.3 Å². The molecule has 0 spiro atoms. The van der Waals surface area contributed by atoms with Crippen LogP contribution < -0.4 is 10.6 Å². The third kappa shape index (κ3) is 4.64. The molecule has 0 unspecified atom stereocenters. The standard InChI is InChI=1S/C21H18N2O4/c24-17-9-10-18(19(25)12-17)21(27)23-16-8-4-7-15(11-16)20(26)22-13-14-5-2-1-3-6-14/h1-12,24-25H,13H2,(H,22,26)(H,23,27). The van der Waals surface area contributed by atoms with Gasteiger partial charge in [-0.15, -0.1) is 0 Å². The molecular formula is C21H18N2O4. The lowest BCUT2D eigenvalue weighted by Gasteiger charge is -2.09. The molecule has 3 aromatic carbocycles. The Morgan fingerprint density at radius 1 is 0.815 bits per heavy atom. The number of nitrogens with one attached hydrogen (secondary N) is 2. The van der Waals surface area contributed by atoms with E-state index < -0.39 is 5.91 Å². The quantitative estimate of drug-likeness (QED) is 0.560. The molecule has 0 aromatic heterocycles. The zero-order valence-electron chi connectivity index (χ0n) is 14.3. The van der Waals surface area contributed by atoms with Crippen molar-refractivity contribution >= 4 is 17.5 Å². The van der Waals surface area contributed by atoms with E-state index in [1.165, 1.54) is 12.1 Å². The van der Waals surface area contributed by atoms with Crippen LogP contribution >= 0.6 is 0 Å². The summed E-state index contributed by atoms with van der Waals surface area (Å²) in [4.78, 5) is 24.6. The first-order chi connectivity index (χ1) is 13.0. The van der Waals surface area contributed by atoms with E-state index in [9.17, 15) is 19.8 Å². The van der Waals surface area contributed by atoms with Gasteiger partial charge in [-0.25, -0.2) is 0 Å². The van der Waals surface area contributed by atoms with Gasteiger partial charge in [0.25, 0.3) is 11.8 Å². The molecule has 27 heavy (non-hydrogen) atoms. The summed E-state index contributed by atoms with van der Waals surface area (Å²) in [6, 6.07) is 19.7. The Labute approximate surface area is 156 Å². The summed E-state index contributed by atoms with van der Waals surface area (Å²) in [6.45, 7) is 0.400. The fourth-order valence-corrected chi connectivity index (χ4v) is 2.53. The van der Waals surface area contributed by atoms with Crippen LogP contribution in [0.5, 0.6) is 11.5 Å². The number of carbonyl (C=O) groups is 2. The molecule has 2 amide bonds. The summed E-state index contributed by atoms with van der Waals surface area (Å²) in [6.07, 6.45) is 0. The first kappa shape index (κ1) is 18.0. The van der Waals surface area contributed by atoms with Crippen molar-refractivity contribution in [1.29, 1.82) is 0 Å². The molecule has 0 heterocycles. The van der Waals surface area contributed by atoms with Crippen LogP contribution in [0.15, 0.2) is 72.8 Å². The fraction of sp³-hybridized carbons (Fsp3) is 0.0476. The largest absolute Gasteiger partial charge is 0.508 e. The smallest absolute Gasteiger partial charge is 0.259 e. The second-order valence-electron chi connectivity index (χ2n) is 5.90. The highest BCUT2D eigenvalue weighted by atomic mass is 16.3. The highest BCUT2D eigenvalue weighted by Gasteiger charge is 2.13. The summed E-state index contributed by atoms with van der Waals surface area (Å²) in [5.74, 6) is -1.28. The average Bonchev–Trinajstić information content (AvgIpc) is 2.67. The number of aromatic hydroxyl groups is 2. The van der Waals surface area contributed by atoms with Crippen molar-refractivity contribution in [1.82, 2.24) is 5.32 Å². The number of rotatable bonds is 5. The maximum Gasteiger partial charge on any atom is 0.259 e. The minimum absolute atomic E-state index is 0.0201. The fourth-order valence-electron chi connectivity index (χ4n) is 2.53. The maximum atomic E-state index is 12.3. The van der Waals surface area contributed by atoms with Gasteiger partial charge in [-0.2, -0.15) is 0 Å². The summed E-state index contributed by atoms with van der Waals surface area (Å²) < 4.78 is 0. The molecule has 0 aliphatic rings.